The Morgan fingerprint density at radius 1 is 1.38 bits per heavy atom. The molecule has 1 saturated carbocycles. The second-order valence-electron chi connectivity index (χ2n) is 5.47. The van der Waals surface area contributed by atoms with Gasteiger partial charge in [-0.2, -0.15) is 0 Å². The van der Waals surface area contributed by atoms with Gasteiger partial charge >= 0.3 is 0 Å². The van der Waals surface area contributed by atoms with Crippen LogP contribution in [-0.4, -0.2) is 37.0 Å². The van der Waals surface area contributed by atoms with Crippen LogP contribution in [0.25, 0.3) is 0 Å². The van der Waals surface area contributed by atoms with Crippen molar-refractivity contribution in [3.8, 4) is 5.75 Å². The van der Waals surface area contributed by atoms with Gasteiger partial charge in [0.05, 0.1) is 17.2 Å². The van der Waals surface area contributed by atoms with E-state index in [1.807, 2.05) is 0 Å². The van der Waals surface area contributed by atoms with Gasteiger partial charge in [0.1, 0.15) is 5.75 Å². The normalized spacial score (nSPS) is 22.2. The summed E-state index contributed by atoms with van der Waals surface area (Å²) in [6.45, 7) is 1.64. The number of ether oxygens (including phenoxy) is 2. The fourth-order valence-corrected chi connectivity index (χ4v) is 3.11. The number of halogens is 1. The van der Waals surface area contributed by atoms with Crippen LogP contribution in [0.3, 0.4) is 0 Å². The van der Waals surface area contributed by atoms with Crippen molar-refractivity contribution in [2.45, 2.75) is 37.8 Å². The van der Waals surface area contributed by atoms with Crippen LogP contribution in [-0.2, 0) is 11.8 Å². The van der Waals surface area contributed by atoms with E-state index in [9.17, 15) is 4.79 Å². The Labute approximate surface area is 133 Å². The lowest BCUT2D eigenvalue weighted by Crippen LogP contribution is -2.37. The second-order valence-corrected chi connectivity index (χ2v) is 6.33. The molecule has 118 valence electrons. The first-order valence-corrected chi connectivity index (χ1v) is 8.14. The van der Waals surface area contributed by atoms with Crippen LogP contribution in [0, 0.1) is 0 Å². The molecular weight excluding hydrogens is 336 g/mol. The zero-order chi connectivity index (χ0) is 15.2. The molecule has 0 saturated heterocycles. The van der Waals surface area contributed by atoms with E-state index in [1.165, 1.54) is 4.57 Å². The zero-order valence-corrected chi connectivity index (χ0v) is 14.2. The van der Waals surface area contributed by atoms with Crippen molar-refractivity contribution in [3.63, 3.8) is 0 Å². The molecule has 2 rings (SSSR count). The predicted molar refractivity (Wildman–Crippen MR) is 85.9 cm³/mol. The van der Waals surface area contributed by atoms with Gasteiger partial charge in [-0.15, -0.1) is 0 Å². The van der Waals surface area contributed by atoms with E-state index in [0.717, 1.165) is 43.3 Å². The van der Waals surface area contributed by atoms with Crippen LogP contribution in [0.1, 0.15) is 25.7 Å². The lowest BCUT2D eigenvalue weighted by molar-refractivity contribution is 0.133. The Bertz CT molecular complexity index is 510. The molecule has 0 spiro atoms. The topological polar surface area (TPSA) is 52.5 Å². The van der Waals surface area contributed by atoms with E-state index < -0.39 is 0 Å². The molecule has 1 aromatic heterocycles. The SMILES string of the molecule is COCCN[C@H]1CC[C@H](Oc2cc(=O)n(C)cc2Br)CC1. The number of hydrogen-bond donors (Lipinski definition) is 1. The molecular formula is C15H23BrN2O3. The average molecular weight is 359 g/mol. The fraction of sp³-hybridized carbons (Fsp3) is 0.667. The summed E-state index contributed by atoms with van der Waals surface area (Å²) in [5.74, 6) is 0.647. The molecule has 1 aromatic rings. The molecule has 0 unspecified atom stereocenters. The summed E-state index contributed by atoms with van der Waals surface area (Å²) < 4.78 is 13.4. The van der Waals surface area contributed by atoms with Gasteiger partial charge in [0.25, 0.3) is 5.56 Å². The number of methoxy groups -OCH3 is 1. The van der Waals surface area contributed by atoms with Crippen LogP contribution in [0.4, 0.5) is 0 Å². The highest BCUT2D eigenvalue weighted by atomic mass is 79.9. The number of pyridine rings is 1. The summed E-state index contributed by atoms with van der Waals surface area (Å²) in [6.07, 6.45) is 6.14. The molecule has 1 aliphatic rings. The molecule has 1 aliphatic carbocycles. The highest BCUT2D eigenvalue weighted by Crippen LogP contribution is 2.28. The molecule has 0 atom stereocenters. The van der Waals surface area contributed by atoms with Crippen molar-refractivity contribution < 1.29 is 9.47 Å². The van der Waals surface area contributed by atoms with E-state index in [2.05, 4.69) is 21.2 Å². The molecule has 21 heavy (non-hydrogen) atoms. The van der Waals surface area contributed by atoms with Crippen molar-refractivity contribution in [3.05, 3.63) is 27.1 Å². The third kappa shape index (κ3) is 4.83. The third-order valence-electron chi connectivity index (χ3n) is 3.85. The maximum atomic E-state index is 11.7. The van der Waals surface area contributed by atoms with E-state index in [4.69, 9.17) is 9.47 Å². The summed E-state index contributed by atoms with van der Waals surface area (Å²) in [5.41, 5.74) is -0.0527. The van der Waals surface area contributed by atoms with Gasteiger partial charge in [0.2, 0.25) is 0 Å². The van der Waals surface area contributed by atoms with Gasteiger partial charge in [-0.25, -0.2) is 0 Å². The van der Waals surface area contributed by atoms with Crippen LogP contribution < -0.4 is 15.6 Å². The highest BCUT2D eigenvalue weighted by molar-refractivity contribution is 9.10. The van der Waals surface area contributed by atoms with Gasteiger partial charge in [0.15, 0.2) is 0 Å². The van der Waals surface area contributed by atoms with Crippen LogP contribution in [0.15, 0.2) is 21.5 Å². The van der Waals surface area contributed by atoms with Crippen LogP contribution in [0.5, 0.6) is 5.75 Å². The first-order valence-electron chi connectivity index (χ1n) is 7.35. The summed E-state index contributed by atoms with van der Waals surface area (Å²) in [4.78, 5) is 11.7. The van der Waals surface area contributed by atoms with Gasteiger partial charge in [0, 0.05) is 39.0 Å². The third-order valence-corrected chi connectivity index (χ3v) is 4.45. The Morgan fingerprint density at radius 2 is 2.10 bits per heavy atom. The number of hydrogen-bond acceptors (Lipinski definition) is 4. The minimum Gasteiger partial charge on any atom is -0.489 e. The predicted octanol–water partition coefficient (Wildman–Crippen LogP) is 2.07. The minimum atomic E-state index is -0.0527. The van der Waals surface area contributed by atoms with Crippen molar-refractivity contribution in [2.75, 3.05) is 20.3 Å². The maximum absolute atomic E-state index is 11.7. The molecule has 0 aliphatic heterocycles. The lowest BCUT2D eigenvalue weighted by atomic mass is 9.93. The molecule has 0 radical (unpaired) electrons. The van der Waals surface area contributed by atoms with E-state index in [-0.39, 0.29) is 11.7 Å². The first kappa shape index (κ1) is 16.5. The number of nitrogens with one attached hydrogen (secondary N) is 1. The molecule has 0 amide bonds. The molecule has 1 fully saturated rings. The Hall–Kier alpha value is -0.850. The summed E-state index contributed by atoms with van der Waals surface area (Å²) in [7, 11) is 3.45. The zero-order valence-electron chi connectivity index (χ0n) is 12.6. The van der Waals surface area contributed by atoms with Crippen molar-refractivity contribution in [2.24, 2.45) is 7.05 Å². The van der Waals surface area contributed by atoms with E-state index in [0.29, 0.717) is 11.8 Å². The monoisotopic (exact) mass is 358 g/mol. The van der Waals surface area contributed by atoms with Gasteiger partial charge < -0.3 is 19.4 Å². The van der Waals surface area contributed by atoms with Crippen LogP contribution >= 0.6 is 15.9 Å². The van der Waals surface area contributed by atoms with Crippen LogP contribution in [0.2, 0.25) is 0 Å². The second kappa shape index (κ2) is 7.96. The molecule has 1 N–H and O–H groups in total. The van der Waals surface area contributed by atoms with E-state index >= 15 is 0 Å². The van der Waals surface area contributed by atoms with Crippen molar-refractivity contribution in [1.82, 2.24) is 9.88 Å². The first-order chi connectivity index (χ1) is 10.1. The van der Waals surface area contributed by atoms with Gasteiger partial charge in [-0.3, -0.25) is 4.79 Å². The average Bonchev–Trinajstić information content (AvgIpc) is 2.47. The number of rotatable bonds is 6. The molecule has 1 heterocycles. The highest BCUT2D eigenvalue weighted by Gasteiger charge is 2.22. The maximum Gasteiger partial charge on any atom is 0.254 e. The molecule has 6 heteroatoms. The quantitative estimate of drug-likeness (QED) is 0.791. The smallest absolute Gasteiger partial charge is 0.254 e. The molecule has 5 nitrogen and oxygen atoms in total. The van der Waals surface area contributed by atoms with Gasteiger partial charge in [-0.1, -0.05) is 0 Å². The molecule has 0 aromatic carbocycles. The largest absolute Gasteiger partial charge is 0.489 e. The summed E-state index contributed by atoms with van der Waals surface area (Å²) in [5, 5.41) is 3.49. The summed E-state index contributed by atoms with van der Waals surface area (Å²) >= 11 is 3.45. The van der Waals surface area contributed by atoms with E-state index in [1.54, 1.807) is 26.4 Å². The number of nitrogens with zero attached hydrogens (tertiary/aromatic N) is 1. The fourth-order valence-electron chi connectivity index (χ4n) is 2.60. The Balaban J connectivity index is 1.83. The lowest BCUT2D eigenvalue weighted by Gasteiger charge is -2.29. The Kier molecular flexibility index (Phi) is 6.26. The van der Waals surface area contributed by atoms with Crippen molar-refractivity contribution in [1.29, 1.82) is 0 Å². The Morgan fingerprint density at radius 3 is 2.76 bits per heavy atom. The van der Waals surface area contributed by atoms with Crippen molar-refractivity contribution >= 4 is 15.9 Å². The standard InChI is InChI=1S/C15H23BrN2O3/c1-18-10-13(16)14(9-15(18)19)21-12-5-3-11(4-6-12)17-7-8-20-2/h9-12,17H,3-8H2,1-2H3/t11-,12-. The summed E-state index contributed by atoms with van der Waals surface area (Å²) in [6, 6.07) is 2.10. The van der Waals surface area contributed by atoms with Gasteiger partial charge in [-0.05, 0) is 41.6 Å². The number of aryl methyl sites for hydroxylation is 1. The molecule has 0 bridgehead atoms. The minimum absolute atomic E-state index is 0.0527. The number of aromatic nitrogens is 1.